The molecule has 20 heavy (non-hydrogen) atoms. The molecule has 2 rings (SSSR count). The smallest absolute Gasteiger partial charge is 0.251 e. The number of aryl methyl sites for hydroxylation is 1. The van der Waals surface area contributed by atoms with Crippen molar-refractivity contribution < 1.29 is 17.6 Å². The molecule has 110 valence electrons. The summed E-state index contributed by atoms with van der Waals surface area (Å²) in [5, 5.41) is 7.68. The normalized spacial score (nSPS) is 15.8. The molecule has 3 N–H and O–H groups in total. The second-order valence-corrected chi connectivity index (χ2v) is 6.69. The number of carbonyl (C=O) groups excluding carboxylic acids is 1. The number of benzene rings is 1. The first-order valence-corrected chi connectivity index (χ1v) is 7.95. The lowest BCUT2D eigenvalue weighted by molar-refractivity contribution is 0.0938. The topological polar surface area (TPSA) is 89.3 Å². The van der Waals surface area contributed by atoms with Gasteiger partial charge in [0.15, 0.2) is 0 Å². The van der Waals surface area contributed by atoms with E-state index in [4.69, 9.17) is 5.14 Å². The van der Waals surface area contributed by atoms with E-state index < -0.39 is 26.6 Å². The number of sulfonamides is 1. The Morgan fingerprint density at radius 3 is 2.60 bits per heavy atom. The number of nitrogens with two attached hydrogens (primary N) is 1. The first-order valence-electron chi connectivity index (χ1n) is 6.40. The summed E-state index contributed by atoms with van der Waals surface area (Å²) in [6.45, 7) is 1.95. The Morgan fingerprint density at radius 1 is 1.45 bits per heavy atom. The van der Waals surface area contributed by atoms with Gasteiger partial charge in [-0.3, -0.25) is 4.79 Å². The number of amides is 1. The molecule has 1 fully saturated rings. The van der Waals surface area contributed by atoms with Gasteiger partial charge in [-0.1, -0.05) is 6.42 Å². The van der Waals surface area contributed by atoms with Crippen LogP contribution in [0, 0.1) is 18.7 Å². The van der Waals surface area contributed by atoms with Crippen molar-refractivity contribution >= 4 is 15.9 Å². The van der Waals surface area contributed by atoms with Crippen LogP contribution in [0.1, 0.15) is 35.2 Å². The number of nitrogens with one attached hydrogen (secondary N) is 1. The zero-order valence-electron chi connectivity index (χ0n) is 11.1. The van der Waals surface area contributed by atoms with E-state index in [1.807, 2.05) is 0 Å². The van der Waals surface area contributed by atoms with Crippen LogP contribution in [0.3, 0.4) is 0 Å². The fourth-order valence-electron chi connectivity index (χ4n) is 2.11. The molecule has 1 aliphatic carbocycles. The van der Waals surface area contributed by atoms with E-state index in [1.165, 1.54) is 19.4 Å². The highest BCUT2D eigenvalue weighted by molar-refractivity contribution is 7.89. The number of carbonyl (C=O) groups is 1. The van der Waals surface area contributed by atoms with Crippen LogP contribution in [0.2, 0.25) is 0 Å². The minimum absolute atomic E-state index is 0.0744. The number of hydrogen-bond acceptors (Lipinski definition) is 3. The lowest BCUT2D eigenvalue weighted by atomic mass is 9.85. The maximum Gasteiger partial charge on any atom is 0.251 e. The third-order valence-electron chi connectivity index (χ3n) is 3.57. The number of halogens is 1. The molecular formula is C13H17FN2O3S. The fourth-order valence-corrected chi connectivity index (χ4v) is 2.81. The van der Waals surface area contributed by atoms with Crippen LogP contribution < -0.4 is 10.5 Å². The van der Waals surface area contributed by atoms with Gasteiger partial charge in [-0.15, -0.1) is 0 Å². The summed E-state index contributed by atoms with van der Waals surface area (Å²) >= 11 is 0. The Hall–Kier alpha value is -1.47. The van der Waals surface area contributed by atoms with Gasteiger partial charge >= 0.3 is 0 Å². The molecule has 0 unspecified atom stereocenters. The highest BCUT2D eigenvalue weighted by Gasteiger charge is 2.21. The SMILES string of the molecule is Cc1cc(C(=O)NCC2CCC2)cc(S(N)(=O)=O)c1F. The summed E-state index contributed by atoms with van der Waals surface area (Å²) in [5.74, 6) is -0.842. The van der Waals surface area contributed by atoms with Crippen molar-refractivity contribution in [3.63, 3.8) is 0 Å². The molecule has 1 aromatic rings. The van der Waals surface area contributed by atoms with Crippen LogP contribution in [0.15, 0.2) is 17.0 Å². The molecule has 0 aromatic heterocycles. The van der Waals surface area contributed by atoms with Gasteiger partial charge < -0.3 is 5.32 Å². The standard InChI is InChI=1S/C13H17FN2O3S/c1-8-5-10(6-11(12(8)14)20(15,18)19)13(17)16-7-9-3-2-4-9/h5-6,9H,2-4,7H2,1H3,(H,16,17)(H2,15,18,19). The Balaban J connectivity index is 2.23. The Labute approximate surface area is 117 Å². The Bertz CT molecular complexity index is 639. The third-order valence-corrected chi connectivity index (χ3v) is 4.48. The monoisotopic (exact) mass is 300 g/mol. The molecule has 0 aliphatic heterocycles. The van der Waals surface area contributed by atoms with Gasteiger partial charge in [0.25, 0.3) is 5.91 Å². The van der Waals surface area contributed by atoms with Gasteiger partial charge in [0, 0.05) is 12.1 Å². The molecule has 0 saturated heterocycles. The summed E-state index contributed by atoms with van der Waals surface area (Å²) in [6.07, 6.45) is 3.35. The average molecular weight is 300 g/mol. The molecule has 1 saturated carbocycles. The molecule has 0 radical (unpaired) electrons. The Kier molecular flexibility index (Phi) is 4.10. The van der Waals surface area contributed by atoms with Gasteiger partial charge in [0.1, 0.15) is 10.7 Å². The van der Waals surface area contributed by atoms with Crippen molar-refractivity contribution in [1.82, 2.24) is 5.32 Å². The second kappa shape index (κ2) is 5.49. The molecule has 0 atom stereocenters. The third kappa shape index (κ3) is 3.16. The summed E-state index contributed by atoms with van der Waals surface area (Å²) in [4.78, 5) is 11.3. The van der Waals surface area contributed by atoms with E-state index in [0.29, 0.717) is 12.5 Å². The molecule has 1 aliphatic rings. The van der Waals surface area contributed by atoms with Crippen LogP contribution in [0.25, 0.3) is 0 Å². The molecule has 7 heteroatoms. The largest absolute Gasteiger partial charge is 0.352 e. The lowest BCUT2D eigenvalue weighted by Crippen LogP contribution is -2.32. The first-order chi connectivity index (χ1) is 9.29. The molecule has 0 bridgehead atoms. The summed E-state index contributed by atoms with van der Waals surface area (Å²) < 4.78 is 36.3. The molecule has 0 spiro atoms. The molecular weight excluding hydrogens is 283 g/mol. The van der Waals surface area contributed by atoms with E-state index in [9.17, 15) is 17.6 Å². The minimum atomic E-state index is -4.19. The van der Waals surface area contributed by atoms with Crippen molar-refractivity contribution in [3.8, 4) is 0 Å². The van der Waals surface area contributed by atoms with Gasteiger partial charge in [-0.2, -0.15) is 0 Å². The lowest BCUT2D eigenvalue weighted by Gasteiger charge is -2.25. The highest BCUT2D eigenvalue weighted by atomic mass is 32.2. The predicted molar refractivity (Wildman–Crippen MR) is 72.2 cm³/mol. The average Bonchev–Trinajstić information content (AvgIpc) is 2.28. The van der Waals surface area contributed by atoms with Crippen molar-refractivity contribution in [3.05, 3.63) is 29.1 Å². The van der Waals surface area contributed by atoms with Crippen molar-refractivity contribution in [2.24, 2.45) is 11.1 Å². The number of primary sulfonamides is 1. The van der Waals surface area contributed by atoms with Gasteiger partial charge in [0.2, 0.25) is 10.0 Å². The second-order valence-electron chi connectivity index (χ2n) is 5.16. The van der Waals surface area contributed by atoms with Crippen LogP contribution >= 0.6 is 0 Å². The molecule has 1 aromatic carbocycles. The zero-order chi connectivity index (χ0) is 14.9. The molecule has 5 nitrogen and oxygen atoms in total. The number of rotatable bonds is 4. The zero-order valence-corrected chi connectivity index (χ0v) is 12.0. The summed E-state index contributed by atoms with van der Waals surface area (Å²) in [7, 11) is -4.19. The van der Waals surface area contributed by atoms with Crippen LogP contribution in [-0.2, 0) is 10.0 Å². The summed E-state index contributed by atoms with van der Waals surface area (Å²) in [5.41, 5.74) is 0.178. The van der Waals surface area contributed by atoms with Crippen LogP contribution in [0.4, 0.5) is 4.39 Å². The number of hydrogen-bond donors (Lipinski definition) is 2. The minimum Gasteiger partial charge on any atom is -0.352 e. The van der Waals surface area contributed by atoms with E-state index in [-0.39, 0.29) is 11.1 Å². The maximum atomic E-state index is 13.7. The highest BCUT2D eigenvalue weighted by Crippen LogP contribution is 2.25. The van der Waals surface area contributed by atoms with Crippen molar-refractivity contribution in [1.29, 1.82) is 0 Å². The summed E-state index contributed by atoms with van der Waals surface area (Å²) in [6, 6.07) is 2.30. The molecule has 0 heterocycles. The molecule has 1 amide bonds. The fraction of sp³-hybridized carbons (Fsp3) is 0.462. The van der Waals surface area contributed by atoms with E-state index in [0.717, 1.165) is 18.9 Å². The van der Waals surface area contributed by atoms with Crippen LogP contribution in [0.5, 0.6) is 0 Å². The predicted octanol–water partition coefficient (Wildman–Crippen LogP) is 1.31. The van der Waals surface area contributed by atoms with Crippen molar-refractivity contribution in [2.45, 2.75) is 31.1 Å². The van der Waals surface area contributed by atoms with E-state index >= 15 is 0 Å². The quantitative estimate of drug-likeness (QED) is 0.878. The van der Waals surface area contributed by atoms with E-state index in [1.54, 1.807) is 0 Å². The van der Waals surface area contributed by atoms with Gasteiger partial charge in [0.05, 0.1) is 0 Å². The van der Waals surface area contributed by atoms with Gasteiger partial charge in [-0.05, 0) is 43.4 Å². The van der Waals surface area contributed by atoms with Crippen LogP contribution in [-0.4, -0.2) is 20.9 Å². The van der Waals surface area contributed by atoms with Crippen molar-refractivity contribution in [2.75, 3.05) is 6.54 Å². The first kappa shape index (κ1) is 14.9. The van der Waals surface area contributed by atoms with Gasteiger partial charge in [-0.25, -0.2) is 17.9 Å². The Morgan fingerprint density at radius 2 is 2.10 bits per heavy atom. The van der Waals surface area contributed by atoms with E-state index in [2.05, 4.69) is 5.32 Å². The maximum absolute atomic E-state index is 13.7.